The lowest BCUT2D eigenvalue weighted by molar-refractivity contribution is -0.143. The molecule has 0 aromatic heterocycles. The summed E-state index contributed by atoms with van der Waals surface area (Å²) >= 11 is 5.93. The van der Waals surface area contributed by atoms with Crippen molar-refractivity contribution in [3.05, 3.63) is 47.0 Å². The summed E-state index contributed by atoms with van der Waals surface area (Å²) in [5.74, 6) is -0.915. The van der Waals surface area contributed by atoms with Crippen LogP contribution in [0.15, 0.2) is 36.4 Å². The summed E-state index contributed by atoms with van der Waals surface area (Å²) in [7, 11) is 0. The zero-order valence-electron chi connectivity index (χ0n) is 10.2. The van der Waals surface area contributed by atoms with Crippen molar-refractivity contribution in [2.75, 3.05) is 0 Å². The van der Waals surface area contributed by atoms with Crippen molar-refractivity contribution in [3.63, 3.8) is 0 Å². The summed E-state index contributed by atoms with van der Waals surface area (Å²) in [5.41, 5.74) is 0.994. The van der Waals surface area contributed by atoms with Gasteiger partial charge in [-0.2, -0.15) is 0 Å². The maximum atomic E-state index is 11.4. The number of carbonyl (C=O) groups is 1. The van der Waals surface area contributed by atoms with Crippen LogP contribution in [0.1, 0.15) is 24.8 Å². The largest absolute Gasteiger partial charge is 0.481 e. The van der Waals surface area contributed by atoms with Gasteiger partial charge in [0.05, 0.1) is 5.92 Å². The molecule has 0 saturated carbocycles. The minimum atomic E-state index is -0.716. The molecule has 1 aromatic carbocycles. The van der Waals surface area contributed by atoms with E-state index in [0.717, 1.165) is 24.8 Å². The van der Waals surface area contributed by atoms with Crippen LogP contribution in [0.2, 0.25) is 5.02 Å². The molecule has 0 spiro atoms. The first kappa shape index (κ1) is 13.2. The number of hydrogen-bond donors (Lipinski definition) is 1. The van der Waals surface area contributed by atoms with Crippen LogP contribution in [0.25, 0.3) is 0 Å². The summed E-state index contributed by atoms with van der Waals surface area (Å²) in [5, 5.41) is 10.1. The number of carboxylic acids is 1. The summed E-state index contributed by atoms with van der Waals surface area (Å²) in [6.45, 7) is 0. The smallest absolute Gasteiger partial charge is 0.307 e. The third-order valence-corrected chi connectivity index (χ3v) is 3.71. The fourth-order valence-electron chi connectivity index (χ4n) is 2.51. The Morgan fingerprint density at radius 2 is 2.33 bits per heavy atom. The van der Waals surface area contributed by atoms with Crippen molar-refractivity contribution in [1.82, 2.24) is 0 Å². The van der Waals surface area contributed by atoms with Crippen molar-refractivity contribution in [1.29, 1.82) is 0 Å². The molecule has 0 radical (unpaired) electrons. The first-order valence-corrected chi connectivity index (χ1v) is 6.68. The molecule has 0 bridgehead atoms. The maximum Gasteiger partial charge on any atom is 0.307 e. The van der Waals surface area contributed by atoms with Gasteiger partial charge >= 0.3 is 5.97 Å². The van der Waals surface area contributed by atoms with E-state index >= 15 is 0 Å². The zero-order chi connectivity index (χ0) is 13.0. The van der Waals surface area contributed by atoms with Gasteiger partial charge in [0.25, 0.3) is 0 Å². The average molecular weight is 265 g/mol. The molecule has 0 saturated heterocycles. The summed E-state index contributed by atoms with van der Waals surface area (Å²) in [4.78, 5) is 11.4. The van der Waals surface area contributed by atoms with Crippen LogP contribution >= 0.6 is 11.6 Å². The van der Waals surface area contributed by atoms with Gasteiger partial charge in [0.15, 0.2) is 0 Å². The standard InChI is InChI=1S/C15H17ClO2/c16-13-8-4-5-11(9-13)10-14(15(17)18)12-6-2-1-3-7-12/h2,4-6,8-9,12,14H,1,3,7,10H2,(H,17,18). The van der Waals surface area contributed by atoms with E-state index in [-0.39, 0.29) is 11.8 Å². The van der Waals surface area contributed by atoms with Gasteiger partial charge in [0, 0.05) is 5.02 Å². The molecule has 1 aromatic rings. The number of carboxylic acid groups (broad SMARTS) is 1. The topological polar surface area (TPSA) is 37.3 Å². The molecule has 3 heteroatoms. The third kappa shape index (κ3) is 3.36. The van der Waals surface area contributed by atoms with Crippen LogP contribution in [0.5, 0.6) is 0 Å². The Hall–Kier alpha value is -1.28. The quantitative estimate of drug-likeness (QED) is 0.837. The highest BCUT2D eigenvalue weighted by atomic mass is 35.5. The summed E-state index contributed by atoms with van der Waals surface area (Å²) in [6.07, 6.45) is 7.83. The SMILES string of the molecule is O=C(O)C(Cc1cccc(Cl)c1)C1C=CCCC1. The highest BCUT2D eigenvalue weighted by Crippen LogP contribution is 2.28. The lowest BCUT2D eigenvalue weighted by Gasteiger charge is -2.23. The Balaban J connectivity index is 2.13. The first-order chi connectivity index (χ1) is 8.66. The molecule has 96 valence electrons. The number of aliphatic carboxylic acids is 1. The Bertz CT molecular complexity index is 454. The van der Waals surface area contributed by atoms with Crippen molar-refractivity contribution in [2.24, 2.45) is 11.8 Å². The Labute approximate surface area is 112 Å². The van der Waals surface area contributed by atoms with E-state index in [1.54, 1.807) is 6.07 Å². The second-order valence-corrected chi connectivity index (χ2v) is 5.24. The summed E-state index contributed by atoms with van der Waals surface area (Å²) in [6, 6.07) is 7.47. The van der Waals surface area contributed by atoms with Crippen LogP contribution in [0, 0.1) is 11.8 Å². The van der Waals surface area contributed by atoms with Crippen LogP contribution in [0.4, 0.5) is 0 Å². The molecule has 1 N–H and O–H groups in total. The van der Waals surface area contributed by atoms with Crippen molar-refractivity contribution in [3.8, 4) is 0 Å². The Morgan fingerprint density at radius 3 is 2.94 bits per heavy atom. The van der Waals surface area contributed by atoms with E-state index in [1.165, 1.54) is 0 Å². The van der Waals surface area contributed by atoms with Crippen LogP contribution < -0.4 is 0 Å². The molecule has 2 rings (SSSR count). The van der Waals surface area contributed by atoms with Crippen LogP contribution in [-0.4, -0.2) is 11.1 Å². The highest BCUT2D eigenvalue weighted by Gasteiger charge is 2.27. The minimum Gasteiger partial charge on any atom is -0.481 e. The molecule has 1 aliphatic rings. The third-order valence-electron chi connectivity index (χ3n) is 3.47. The predicted octanol–water partition coefficient (Wildman–Crippen LogP) is 3.94. The first-order valence-electron chi connectivity index (χ1n) is 6.31. The molecular formula is C15H17ClO2. The van der Waals surface area contributed by atoms with Gasteiger partial charge < -0.3 is 5.11 Å². The van der Waals surface area contributed by atoms with Crippen molar-refractivity contribution < 1.29 is 9.90 Å². The summed E-state index contributed by atoms with van der Waals surface area (Å²) < 4.78 is 0. The average Bonchev–Trinajstić information content (AvgIpc) is 2.37. The molecular weight excluding hydrogens is 248 g/mol. The Morgan fingerprint density at radius 1 is 1.50 bits per heavy atom. The minimum absolute atomic E-state index is 0.148. The van der Waals surface area contributed by atoms with E-state index in [9.17, 15) is 9.90 Å². The fraction of sp³-hybridized carbons (Fsp3) is 0.400. The highest BCUT2D eigenvalue weighted by molar-refractivity contribution is 6.30. The van der Waals surface area contributed by atoms with Gasteiger partial charge in [-0.1, -0.05) is 35.9 Å². The Kier molecular flexibility index (Phi) is 4.43. The van der Waals surface area contributed by atoms with Gasteiger partial charge in [0.1, 0.15) is 0 Å². The molecule has 1 aliphatic carbocycles. The molecule has 0 amide bonds. The molecule has 2 unspecified atom stereocenters. The molecule has 0 fully saturated rings. The van der Waals surface area contributed by atoms with E-state index in [2.05, 4.69) is 12.2 Å². The second kappa shape index (κ2) is 6.05. The van der Waals surface area contributed by atoms with Gasteiger partial charge in [-0.3, -0.25) is 4.79 Å². The fourth-order valence-corrected chi connectivity index (χ4v) is 2.73. The molecule has 2 atom stereocenters. The van der Waals surface area contributed by atoms with Crippen molar-refractivity contribution in [2.45, 2.75) is 25.7 Å². The second-order valence-electron chi connectivity index (χ2n) is 4.80. The van der Waals surface area contributed by atoms with Crippen molar-refractivity contribution >= 4 is 17.6 Å². The molecule has 0 heterocycles. The van der Waals surface area contributed by atoms with Gasteiger partial charge in [-0.05, 0) is 49.3 Å². The normalized spacial score (nSPS) is 20.6. The number of benzene rings is 1. The van der Waals surface area contributed by atoms with Gasteiger partial charge in [-0.25, -0.2) is 0 Å². The van der Waals surface area contributed by atoms with Gasteiger partial charge in [0.2, 0.25) is 0 Å². The van der Waals surface area contributed by atoms with E-state index in [4.69, 9.17) is 11.6 Å². The lowest BCUT2D eigenvalue weighted by atomic mass is 9.81. The van der Waals surface area contributed by atoms with Crippen LogP contribution in [0.3, 0.4) is 0 Å². The monoisotopic (exact) mass is 264 g/mol. The lowest BCUT2D eigenvalue weighted by Crippen LogP contribution is -2.25. The predicted molar refractivity (Wildman–Crippen MR) is 72.8 cm³/mol. The number of hydrogen-bond acceptors (Lipinski definition) is 1. The number of halogens is 1. The van der Waals surface area contributed by atoms with E-state index < -0.39 is 5.97 Å². The van der Waals surface area contributed by atoms with Gasteiger partial charge in [-0.15, -0.1) is 0 Å². The van der Waals surface area contributed by atoms with E-state index in [1.807, 2.05) is 18.2 Å². The zero-order valence-corrected chi connectivity index (χ0v) is 10.9. The van der Waals surface area contributed by atoms with E-state index in [0.29, 0.717) is 11.4 Å². The maximum absolute atomic E-state index is 11.4. The molecule has 18 heavy (non-hydrogen) atoms. The molecule has 0 aliphatic heterocycles. The number of rotatable bonds is 4. The molecule has 2 nitrogen and oxygen atoms in total. The van der Waals surface area contributed by atoms with Crippen LogP contribution in [-0.2, 0) is 11.2 Å². The number of allylic oxidation sites excluding steroid dienone is 2.